The molecule has 2 nitrogen and oxygen atoms in total. The van der Waals surface area contributed by atoms with Gasteiger partial charge in [-0.15, -0.1) is 0 Å². The smallest absolute Gasteiger partial charge is 0.145 e. The molecule has 0 saturated heterocycles. The minimum Gasteiger partial charge on any atom is -0.299 e. The molecule has 96 valence electrons. The number of aromatic nitrogens is 1. The van der Waals surface area contributed by atoms with E-state index in [0.29, 0.717) is 11.7 Å². The highest BCUT2D eigenvalue weighted by Crippen LogP contribution is 2.40. The average molecular weight is 243 g/mol. The number of aryl methyl sites for hydroxylation is 1. The molecule has 2 aliphatic rings. The fourth-order valence-corrected chi connectivity index (χ4v) is 3.68. The van der Waals surface area contributed by atoms with Crippen LogP contribution in [0.5, 0.6) is 0 Å². The van der Waals surface area contributed by atoms with Gasteiger partial charge in [0.25, 0.3) is 0 Å². The molecule has 2 heteroatoms. The quantitative estimate of drug-likeness (QED) is 0.813. The lowest BCUT2D eigenvalue weighted by Crippen LogP contribution is -2.19. The number of hydrogen-bond acceptors (Lipinski definition) is 2. The number of Topliss-reactive ketones (excluding diaryl/α,β-unsaturated/α-hetero) is 1. The Bertz CT molecular complexity index is 454. The number of carbonyl (C=O) groups is 1. The molecule has 0 N–H and O–H groups in total. The van der Waals surface area contributed by atoms with Gasteiger partial charge in [-0.25, -0.2) is 0 Å². The average Bonchev–Trinajstić information content (AvgIpc) is 3.04. The van der Waals surface area contributed by atoms with Crippen LogP contribution in [0.15, 0.2) is 18.3 Å². The van der Waals surface area contributed by atoms with E-state index in [9.17, 15) is 4.79 Å². The standard InChI is InChI=1S/C16H21NO/c1-2-11-5-6-13(10-11)16(18)14-8-7-12-4-3-9-17-15(12)14/h3-4,9,11,13-14H,2,5-8,10H2,1H3. The van der Waals surface area contributed by atoms with E-state index in [1.807, 2.05) is 12.3 Å². The summed E-state index contributed by atoms with van der Waals surface area (Å²) in [7, 11) is 0. The molecule has 3 rings (SSSR count). The molecule has 0 bridgehead atoms. The van der Waals surface area contributed by atoms with E-state index < -0.39 is 0 Å². The van der Waals surface area contributed by atoms with Crippen LogP contribution in [0.25, 0.3) is 0 Å². The van der Waals surface area contributed by atoms with E-state index >= 15 is 0 Å². The fraction of sp³-hybridized carbons (Fsp3) is 0.625. The van der Waals surface area contributed by atoms with Crippen molar-refractivity contribution in [3.63, 3.8) is 0 Å². The summed E-state index contributed by atoms with van der Waals surface area (Å²) in [4.78, 5) is 17.1. The van der Waals surface area contributed by atoms with Gasteiger partial charge in [0.1, 0.15) is 5.78 Å². The summed E-state index contributed by atoms with van der Waals surface area (Å²) in [6, 6.07) is 4.10. The van der Waals surface area contributed by atoms with Crippen LogP contribution in [-0.4, -0.2) is 10.8 Å². The van der Waals surface area contributed by atoms with E-state index in [4.69, 9.17) is 0 Å². The second kappa shape index (κ2) is 4.83. The molecular weight excluding hydrogens is 222 g/mol. The molecule has 0 radical (unpaired) electrons. The molecule has 2 aliphatic carbocycles. The first-order valence-corrected chi connectivity index (χ1v) is 7.27. The number of fused-ring (bicyclic) bond motifs is 1. The van der Waals surface area contributed by atoms with Gasteiger partial charge < -0.3 is 0 Å². The van der Waals surface area contributed by atoms with Crippen molar-refractivity contribution in [2.75, 3.05) is 0 Å². The van der Waals surface area contributed by atoms with Crippen LogP contribution >= 0.6 is 0 Å². The molecule has 0 amide bonds. The van der Waals surface area contributed by atoms with Crippen LogP contribution in [0.3, 0.4) is 0 Å². The van der Waals surface area contributed by atoms with Gasteiger partial charge in [0.15, 0.2) is 0 Å². The van der Waals surface area contributed by atoms with Gasteiger partial charge in [-0.3, -0.25) is 9.78 Å². The first-order valence-electron chi connectivity index (χ1n) is 7.27. The lowest BCUT2D eigenvalue weighted by atomic mass is 9.89. The Kier molecular flexibility index (Phi) is 3.19. The van der Waals surface area contributed by atoms with Gasteiger partial charge in [-0.2, -0.15) is 0 Å². The van der Waals surface area contributed by atoms with Crippen LogP contribution in [-0.2, 0) is 11.2 Å². The monoisotopic (exact) mass is 243 g/mol. The van der Waals surface area contributed by atoms with Gasteiger partial charge in [0, 0.05) is 12.1 Å². The molecule has 0 aliphatic heterocycles. The third kappa shape index (κ3) is 1.98. The van der Waals surface area contributed by atoms with Crippen molar-refractivity contribution in [2.24, 2.45) is 11.8 Å². The number of rotatable bonds is 3. The molecule has 1 heterocycles. The Hall–Kier alpha value is -1.18. The molecule has 1 fully saturated rings. The van der Waals surface area contributed by atoms with Gasteiger partial charge in [-0.1, -0.05) is 19.4 Å². The van der Waals surface area contributed by atoms with Gasteiger partial charge in [0.2, 0.25) is 0 Å². The summed E-state index contributed by atoms with van der Waals surface area (Å²) in [5.41, 5.74) is 2.36. The second-order valence-electron chi connectivity index (χ2n) is 5.83. The highest BCUT2D eigenvalue weighted by molar-refractivity contribution is 5.88. The predicted octanol–water partition coefficient (Wildman–Crippen LogP) is 3.51. The van der Waals surface area contributed by atoms with Crippen molar-refractivity contribution in [1.29, 1.82) is 0 Å². The Balaban J connectivity index is 1.75. The molecule has 0 aromatic carbocycles. The van der Waals surface area contributed by atoms with Crippen molar-refractivity contribution >= 4 is 5.78 Å². The molecule has 1 aromatic rings. The minimum absolute atomic E-state index is 0.0989. The number of carbonyl (C=O) groups excluding carboxylic acids is 1. The molecule has 18 heavy (non-hydrogen) atoms. The maximum Gasteiger partial charge on any atom is 0.145 e. The van der Waals surface area contributed by atoms with Gasteiger partial charge >= 0.3 is 0 Å². The third-order valence-electron chi connectivity index (χ3n) is 4.82. The van der Waals surface area contributed by atoms with Crippen LogP contribution in [0.4, 0.5) is 0 Å². The zero-order valence-electron chi connectivity index (χ0n) is 11.1. The van der Waals surface area contributed by atoms with E-state index in [0.717, 1.165) is 37.3 Å². The van der Waals surface area contributed by atoms with Crippen molar-refractivity contribution in [3.8, 4) is 0 Å². The normalized spacial score (nSPS) is 30.4. The maximum atomic E-state index is 12.6. The van der Waals surface area contributed by atoms with Gasteiger partial charge in [0.05, 0.1) is 11.6 Å². The molecule has 1 aromatic heterocycles. The van der Waals surface area contributed by atoms with E-state index in [1.165, 1.54) is 18.4 Å². The van der Waals surface area contributed by atoms with Crippen molar-refractivity contribution in [1.82, 2.24) is 4.98 Å². The third-order valence-corrected chi connectivity index (χ3v) is 4.82. The zero-order valence-corrected chi connectivity index (χ0v) is 11.1. The maximum absolute atomic E-state index is 12.6. The SMILES string of the molecule is CCC1CCC(C(=O)C2CCc3cccnc32)C1. The Morgan fingerprint density at radius 1 is 1.39 bits per heavy atom. The highest BCUT2D eigenvalue weighted by atomic mass is 16.1. The summed E-state index contributed by atoms with van der Waals surface area (Å²) < 4.78 is 0. The first-order chi connectivity index (χ1) is 8.79. The summed E-state index contributed by atoms with van der Waals surface area (Å²) in [5.74, 6) is 1.67. The number of nitrogens with zero attached hydrogens (tertiary/aromatic N) is 1. The van der Waals surface area contributed by atoms with Crippen molar-refractivity contribution < 1.29 is 4.79 Å². The Morgan fingerprint density at radius 3 is 3.06 bits per heavy atom. The zero-order chi connectivity index (χ0) is 12.5. The van der Waals surface area contributed by atoms with E-state index in [-0.39, 0.29) is 5.92 Å². The summed E-state index contributed by atoms with van der Waals surface area (Å²) in [6.45, 7) is 2.24. The summed E-state index contributed by atoms with van der Waals surface area (Å²) >= 11 is 0. The number of pyridine rings is 1. The second-order valence-corrected chi connectivity index (χ2v) is 5.83. The highest BCUT2D eigenvalue weighted by Gasteiger charge is 2.37. The largest absolute Gasteiger partial charge is 0.299 e. The minimum atomic E-state index is 0.0989. The topological polar surface area (TPSA) is 30.0 Å². The number of ketones is 1. The van der Waals surface area contributed by atoms with Gasteiger partial charge in [-0.05, 0) is 49.7 Å². The predicted molar refractivity (Wildman–Crippen MR) is 71.4 cm³/mol. The number of hydrogen-bond donors (Lipinski definition) is 0. The van der Waals surface area contributed by atoms with E-state index in [1.54, 1.807) is 0 Å². The fourth-order valence-electron chi connectivity index (χ4n) is 3.68. The molecular formula is C16H21NO. The Labute approximate surface area is 109 Å². The van der Waals surface area contributed by atoms with Crippen molar-refractivity contribution in [2.45, 2.75) is 51.4 Å². The molecule has 3 unspecified atom stereocenters. The van der Waals surface area contributed by atoms with Crippen LogP contribution in [0.1, 0.15) is 56.2 Å². The van der Waals surface area contributed by atoms with Crippen LogP contribution < -0.4 is 0 Å². The van der Waals surface area contributed by atoms with E-state index in [2.05, 4.69) is 18.0 Å². The van der Waals surface area contributed by atoms with Crippen molar-refractivity contribution in [3.05, 3.63) is 29.6 Å². The first kappa shape index (κ1) is 11.9. The lowest BCUT2D eigenvalue weighted by Gasteiger charge is -2.15. The molecule has 0 spiro atoms. The summed E-state index contributed by atoms with van der Waals surface area (Å²) in [6.07, 6.45) is 8.54. The molecule has 1 saturated carbocycles. The van der Waals surface area contributed by atoms with Crippen LogP contribution in [0, 0.1) is 11.8 Å². The lowest BCUT2D eigenvalue weighted by molar-refractivity contribution is -0.124. The van der Waals surface area contributed by atoms with Crippen LogP contribution in [0.2, 0.25) is 0 Å². The summed E-state index contributed by atoms with van der Waals surface area (Å²) in [5, 5.41) is 0. The molecule has 3 atom stereocenters. The Morgan fingerprint density at radius 2 is 2.28 bits per heavy atom.